The van der Waals surface area contributed by atoms with E-state index >= 15 is 0 Å². The Morgan fingerprint density at radius 2 is 2.29 bits per heavy atom. The number of aromatic nitrogens is 2. The van der Waals surface area contributed by atoms with Crippen molar-refractivity contribution in [3.8, 4) is 6.07 Å². The number of nitriles is 1. The first kappa shape index (κ1) is 10.5. The van der Waals surface area contributed by atoms with Gasteiger partial charge in [-0.3, -0.25) is 0 Å². The van der Waals surface area contributed by atoms with Crippen LogP contribution in [-0.4, -0.2) is 28.2 Å². The number of nitrogens with zero attached hydrogens (tertiary/aromatic N) is 3. The Morgan fingerprint density at radius 1 is 1.57 bits per heavy atom. The number of nitrogens with one attached hydrogen (secondary N) is 1. The molecule has 0 aliphatic heterocycles. The van der Waals surface area contributed by atoms with E-state index in [9.17, 15) is 0 Å². The van der Waals surface area contributed by atoms with Crippen molar-refractivity contribution < 1.29 is 5.11 Å². The fourth-order valence-corrected chi connectivity index (χ4v) is 1.07. The predicted octanol–water partition coefficient (Wildman–Crippen LogP) is -0.0119. The second-order valence-electron chi connectivity index (χ2n) is 2.36. The van der Waals surface area contributed by atoms with Crippen LogP contribution >= 0.6 is 11.6 Å². The highest BCUT2D eigenvalue weighted by Crippen LogP contribution is 2.20. The van der Waals surface area contributed by atoms with E-state index in [-0.39, 0.29) is 35.6 Å². The lowest BCUT2D eigenvalue weighted by molar-refractivity contribution is 0.311. The lowest BCUT2D eigenvalue weighted by atomic mass is 10.3. The monoisotopic (exact) mass is 213 g/mol. The van der Waals surface area contributed by atoms with Crippen molar-refractivity contribution in [3.05, 3.63) is 10.7 Å². The molecule has 1 aromatic heterocycles. The van der Waals surface area contributed by atoms with Crippen molar-refractivity contribution in [2.45, 2.75) is 0 Å². The van der Waals surface area contributed by atoms with Crippen molar-refractivity contribution in [2.75, 3.05) is 24.2 Å². The number of hydrogen-bond acceptors (Lipinski definition) is 6. The Kier molecular flexibility index (Phi) is 3.45. The zero-order valence-corrected chi connectivity index (χ0v) is 7.91. The molecular formula is C7H8ClN5O. The van der Waals surface area contributed by atoms with Crippen LogP contribution in [0.1, 0.15) is 5.56 Å². The molecule has 1 heterocycles. The molecule has 14 heavy (non-hydrogen) atoms. The molecule has 4 N–H and O–H groups in total. The van der Waals surface area contributed by atoms with Crippen LogP contribution in [0.15, 0.2) is 0 Å². The second kappa shape index (κ2) is 4.60. The summed E-state index contributed by atoms with van der Waals surface area (Å²) in [6.07, 6.45) is 0. The molecule has 0 fully saturated rings. The van der Waals surface area contributed by atoms with E-state index in [4.69, 9.17) is 27.7 Å². The number of nitrogens with two attached hydrogens (primary N) is 1. The van der Waals surface area contributed by atoms with E-state index in [1.54, 1.807) is 0 Å². The molecule has 0 unspecified atom stereocenters. The summed E-state index contributed by atoms with van der Waals surface area (Å²) in [5, 5.41) is 20.0. The second-order valence-corrected chi connectivity index (χ2v) is 2.72. The number of aliphatic hydroxyl groups is 1. The maximum absolute atomic E-state index is 8.73. The van der Waals surface area contributed by atoms with Crippen molar-refractivity contribution in [3.63, 3.8) is 0 Å². The third kappa shape index (κ3) is 2.22. The maximum atomic E-state index is 8.73. The summed E-state index contributed by atoms with van der Waals surface area (Å²) >= 11 is 5.66. The van der Waals surface area contributed by atoms with Gasteiger partial charge in [0.05, 0.1) is 6.61 Å². The van der Waals surface area contributed by atoms with Gasteiger partial charge in [0.25, 0.3) is 0 Å². The molecule has 0 aliphatic carbocycles. The molecule has 0 amide bonds. The highest BCUT2D eigenvalue weighted by Gasteiger charge is 2.10. The van der Waals surface area contributed by atoms with Gasteiger partial charge >= 0.3 is 0 Å². The number of hydrogen-bond donors (Lipinski definition) is 3. The standard InChI is InChI=1S/C7H8ClN5O/c8-5-4(3-9)6(11-1-2-14)13-7(10)12-5/h14H,1-2H2,(H3,10,11,12,13). The third-order valence-electron chi connectivity index (χ3n) is 1.40. The van der Waals surface area contributed by atoms with E-state index in [0.29, 0.717) is 0 Å². The highest BCUT2D eigenvalue weighted by molar-refractivity contribution is 6.31. The Morgan fingerprint density at radius 3 is 2.86 bits per heavy atom. The summed E-state index contributed by atoms with van der Waals surface area (Å²) in [5.41, 5.74) is 5.46. The quantitative estimate of drug-likeness (QED) is 0.610. The molecule has 0 aromatic carbocycles. The molecule has 0 radical (unpaired) electrons. The molecule has 74 valence electrons. The molecule has 0 atom stereocenters. The van der Waals surface area contributed by atoms with Crippen LogP contribution in [0.5, 0.6) is 0 Å². The minimum absolute atomic E-state index is 0.000407. The van der Waals surface area contributed by atoms with Crippen LogP contribution in [0, 0.1) is 11.3 Å². The van der Waals surface area contributed by atoms with Gasteiger partial charge in [-0.15, -0.1) is 0 Å². The van der Waals surface area contributed by atoms with Crippen LogP contribution in [0.4, 0.5) is 11.8 Å². The SMILES string of the molecule is N#Cc1c(Cl)nc(N)nc1NCCO. The summed E-state index contributed by atoms with van der Waals surface area (Å²) in [5.74, 6) is 0.216. The number of halogens is 1. The Bertz CT molecular complexity index is 375. The minimum Gasteiger partial charge on any atom is -0.395 e. The number of nitrogen functional groups attached to an aromatic ring is 1. The van der Waals surface area contributed by atoms with Gasteiger partial charge in [-0.2, -0.15) is 15.2 Å². The first-order valence-electron chi connectivity index (χ1n) is 3.77. The fourth-order valence-electron chi connectivity index (χ4n) is 0.851. The molecule has 0 bridgehead atoms. The van der Waals surface area contributed by atoms with E-state index in [0.717, 1.165) is 0 Å². The van der Waals surface area contributed by atoms with Gasteiger partial charge in [-0.05, 0) is 0 Å². The molecule has 0 aliphatic rings. The molecule has 7 heteroatoms. The first-order chi connectivity index (χ1) is 6.69. The van der Waals surface area contributed by atoms with Crippen LogP contribution < -0.4 is 11.1 Å². The number of aliphatic hydroxyl groups excluding tert-OH is 1. The fraction of sp³-hybridized carbons (Fsp3) is 0.286. The summed E-state index contributed by atoms with van der Waals surface area (Å²) < 4.78 is 0. The summed E-state index contributed by atoms with van der Waals surface area (Å²) in [6.45, 7) is 0.188. The lowest BCUT2D eigenvalue weighted by Gasteiger charge is -2.06. The van der Waals surface area contributed by atoms with Crippen molar-refractivity contribution in [2.24, 2.45) is 0 Å². The number of anilines is 2. The zero-order chi connectivity index (χ0) is 10.6. The summed E-state index contributed by atoms with van der Waals surface area (Å²) in [4.78, 5) is 7.40. The van der Waals surface area contributed by atoms with Crippen LogP contribution in [0.25, 0.3) is 0 Å². The molecule has 0 spiro atoms. The van der Waals surface area contributed by atoms with Crippen LogP contribution in [0.2, 0.25) is 5.15 Å². The topological polar surface area (TPSA) is 108 Å². The van der Waals surface area contributed by atoms with Gasteiger partial charge in [-0.1, -0.05) is 11.6 Å². The molecule has 1 rings (SSSR count). The lowest BCUT2D eigenvalue weighted by Crippen LogP contribution is -2.10. The smallest absolute Gasteiger partial charge is 0.223 e. The molecular weight excluding hydrogens is 206 g/mol. The molecule has 0 saturated heterocycles. The van der Waals surface area contributed by atoms with Crippen molar-refractivity contribution in [1.29, 1.82) is 5.26 Å². The van der Waals surface area contributed by atoms with E-state index in [2.05, 4.69) is 15.3 Å². The largest absolute Gasteiger partial charge is 0.395 e. The number of rotatable bonds is 3. The highest BCUT2D eigenvalue weighted by atomic mass is 35.5. The Hall–Kier alpha value is -1.58. The Labute approximate surface area is 85.3 Å². The van der Waals surface area contributed by atoms with Gasteiger partial charge in [0.15, 0.2) is 11.0 Å². The molecule has 0 saturated carbocycles. The van der Waals surface area contributed by atoms with E-state index in [1.807, 2.05) is 6.07 Å². The first-order valence-corrected chi connectivity index (χ1v) is 4.14. The van der Waals surface area contributed by atoms with Gasteiger partial charge in [0.2, 0.25) is 5.95 Å². The van der Waals surface area contributed by atoms with Crippen molar-refractivity contribution in [1.82, 2.24) is 9.97 Å². The van der Waals surface area contributed by atoms with E-state index in [1.165, 1.54) is 0 Å². The third-order valence-corrected chi connectivity index (χ3v) is 1.67. The zero-order valence-electron chi connectivity index (χ0n) is 7.16. The summed E-state index contributed by atoms with van der Waals surface area (Å²) in [6, 6.07) is 1.84. The summed E-state index contributed by atoms with van der Waals surface area (Å²) in [7, 11) is 0. The van der Waals surface area contributed by atoms with Crippen molar-refractivity contribution >= 4 is 23.4 Å². The van der Waals surface area contributed by atoms with Crippen LogP contribution in [0.3, 0.4) is 0 Å². The average Bonchev–Trinajstić information content (AvgIpc) is 2.14. The molecule has 6 nitrogen and oxygen atoms in total. The normalized spacial score (nSPS) is 9.50. The molecule has 1 aromatic rings. The Balaban J connectivity index is 3.07. The van der Waals surface area contributed by atoms with Gasteiger partial charge in [0, 0.05) is 6.54 Å². The van der Waals surface area contributed by atoms with E-state index < -0.39 is 0 Å². The van der Waals surface area contributed by atoms with Gasteiger partial charge in [-0.25, -0.2) is 0 Å². The minimum atomic E-state index is -0.0770. The van der Waals surface area contributed by atoms with Gasteiger partial charge in [0.1, 0.15) is 11.6 Å². The average molecular weight is 214 g/mol. The van der Waals surface area contributed by atoms with Crippen LogP contribution in [-0.2, 0) is 0 Å². The van der Waals surface area contributed by atoms with Gasteiger partial charge < -0.3 is 16.2 Å². The predicted molar refractivity (Wildman–Crippen MR) is 51.7 cm³/mol. The maximum Gasteiger partial charge on any atom is 0.223 e.